The molecule has 0 bridgehead atoms. The average molecular weight is 2280 g/mol. The van der Waals surface area contributed by atoms with Gasteiger partial charge in [-0.05, 0) is 225 Å². The zero-order valence-corrected chi connectivity index (χ0v) is 93.1. The molecule has 0 spiro atoms. The van der Waals surface area contributed by atoms with Crippen molar-refractivity contribution in [2.24, 2.45) is 11.5 Å². The summed E-state index contributed by atoms with van der Waals surface area (Å²) in [5.74, 6) is -0.462. The van der Waals surface area contributed by atoms with E-state index in [4.69, 9.17) is 51.0 Å². The average Bonchev–Trinajstić information content (AvgIpc) is 1.54. The molecule has 6 atom stereocenters. The van der Waals surface area contributed by atoms with E-state index in [2.05, 4.69) is 174 Å². The van der Waals surface area contributed by atoms with Crippen molar-refractivity contribution in [1.82, 2.24) is 69.3 Å². The second-order valence-corrected chi connectivity index (χ2v) is 47.3. The molecule has 9 heterocycles. The number of H-pyrrole nitrogens is 1. The Morgan fingerprint density at radius 1 is 0.425 bits per heavy atom. The number of ether oxygens (including phenoxy) is 1. The Hall–Kier alpha value is -9.19. The van der Waals surface area contributed by atoms with Crippen molar-refractivity contribution < 1.29 is 38.3 Å². The molecule has 6 aliphatic heterocycles. The first-order valence-electron chi connectivity index (χ1n) is 50.8. The predicted molar refractivity (Wildman–Crippen MR) is 602 cm³/mol. The molecule has 0 unspecified atom stereocenters. The maximum atomic E-state index is 15.4. The van der Waals surface area contributed by atoms with Crippen LogP contribution in [0.5, 0.6) is 0 Å². The van der Waals surface area contributed by atoms with Crippen LogP contribution in [0, 0.1) is 20.8 Å². The van der Waals surface area contributed by atoms with Crippen molar-refractivity contribution in [3.63, 3.8) is 0 Å². The van der Waals surface area contributed by atoms with Crippen LogP contribution in [0.1, 0.15) is 146 Å². The Morgan fingerprint density at radius 3 is 1.22 bits per heavy atom. The lowest BCUT2D eigenvalue weighted by molar-refractivity contribution is -0.136. The van der Waals surface area contributed by atoms with E-state index in [1.54, 1.807) is 4.90 Å². The second-order valence-electron chi connectivity index (χ2n) is 39.0. The summed E-state index contributed by atoms with van der Waals surface area (Å²) in [7, 11) is 2.16. The van der Waals surface area contributed by atoms with Gasteiger partial charge in [-0.25, -0.2) is 4.79 Å². The number of thioether (sulfide) groups is 3. The lowest BCUT2D eigenvalue weighted by Crippen LogP contribution is -2.58. The number of likely N-dealkylation sites (N-methyl/N-ethyl adjacent to an activating group) is 1. The molecule has 0 radical (unpaired) electrons. The number of nitrogens with zero attached hydrogens (tertiary/aromatic N) is 10. The van der Waals surface area contributed by atoms with Gasteiger partial charge >= 0.3 is 6.03 Å². The summed E-state index contributed by atoms with van der Waals surface area (Å²) in [6, 6.07) is 64.5. The standard InChI is InChI=1S/C39H46BrClN6O3S.C39H47BrClN5O3S.C35H39BrClN5O2S/c1-3-43-38(50)45-21-19-44(20-22-45)37(49)39(51-31-14-7-27(2)8-15-31)24-35(48)47(25-28-9-11-29(40)12-10-28)36(39)33-26-46(18-6-4-5-17-42)34-23-30(41)13-16-32(33)34;1-28-6-13-32(14-7-28)50-39(38(48)43-17-5-18-44-20-22-49-23-21-44)25-36(47)46(26-29-8-10-30(40)11-9-29)37(39)34-27-45(19-4-2-3-16-42)35-24-31(41)12-15-33(34)35;1-24-4-11-28(12-5-24)45-35(34(44)38-14-3-15-41-18-16-40(2)17-19-41)21-32(43)42(23-25-6-8-26(36)9-7-25)33(35)30-22-39-31-20-27(37)10-13-29(30)31/h7-16,23,26,36H,3-6,17-22,24-25,42H2,1-2H3,(H,43,50);6-15,24,27,37H,2-5,16-23,25-26,42H2,1H3,(H,43,48);4-13,20,22,33,39H,3,14-19,21,23H2,1-2H3,(H,38,44)/t36-,39-;37-,39-;33-,35-/m000/s1. The van der Waals surface area contributed by atoms with Gasteiger partial charge in [-0.15, -0.1) is 35.3 Å². The Labute approximate surface area is 910 Å². The van der Waals surface area contributed by atoms with Crippen molar-refractivity contribution in [2.75, 3.05) is 132 Å². The first-order valence-corrected chi connectivity index (χ1v) is 56.8. The number of aromatic nitrogens is 3. The fraction of sp³-hybridized carbons (Fsp3) is 0.407. The highest BCUT2D eigenvalue weighted by Crippen LogP contribution is 2.59. The number of carbonyl (C=O) groups is 7. The van der Waals surface area contributed by atoms with Gasteiger partial charge in [0.2, 0.25) is 35.4 Å². The smallest absolute Gasteiger partial charge is 0.317 e. The van der Waals surface area contributed by atoms with Gasteiger partial charge in [0.25, 0.3) is 0 Å². The molecule has 24 nitrogen and oxygen atoms in total. The predicted octanol–water partition coefficient (Wildman–Crippen LogP) is 21.4. The molecule has 6 aliphatic rings. The SMILES string of the molecule is CCNC(=O)N1CCN(C(=O)[C@]2(Sc3ccc(C)cc3)CC(=O)N(Cc3ccc(Br)cc3)[C@H]2c2cn(CCCCCN)c3cc(Cl)ccc23)CC1.Cc1ccc(S[C@@]2(C(=O)NCCCN3CCN(C)CC3)CC(=O)N(Cc3ccc(Br)cc3)[C@H]2c2c[nH]c3cc(Cl)ccc23)cc1.Cc1ccc(S[C@@]2(C(=O)NCCCN3CCOCC3)CC(=O)N(Cc3ccc(Br)cc3)[C@H]2c2cn(CCCCCN)c3cc(Cl)ccc23)cc1. The topological polar surface area (TPSA) is 268 Å². The molecule has 146 heavy (non-hydrogen) atoms. The quantitative estimate of drug-likeness (QED) is 0.0198. The minimum atomic E-state index is -1.19. The number of piperazine rings is 2. The Bertz CT molecular complexity index is 6510. The Kier molecular flexibility index (Phi) is 38.3. The number of aryl methyl sites for hydroxylation is 5. The van der Waals surface area contributed by atoms with Crippen LogP contribution < -0.4 is 27.4 Å². The summed E-state index contributed by atoms with van der Waals surface area (Å²) >= 11 is 34.7. The second kappa shape index (κ2) is 51.1. The lowest BCUT2D eigenvalue weighted by atomic mass is 9.90. The largest absolute Gasteiger partial charge is 0.379 e. The van der Waals surface area contributed by atoms with E-state index >= 15 is 4.79 Å². The number of hydrogen-bond donors (Lipinski definition) is 6. The number of unbranched alkanes of at least 4 members (excludes halogenated alkanes) is 4. The summed E-state index contributed by atoms with van der Waals surface area (Å²) in [5.41, 5.74) is 23.7. The molecule has 6 fully saturated rings. The molecular formula is C113H132Br3Cl3N16O8S3. The molecular weight excluding hydrogens is 2150 g/mol. The number of carbonyl (C=O) groups excluding carboxylic acids is 7. The first-order chi connectivity index (χ1) is 70.6. The highest BCUT2D eigenvalue weighted by Gasteiger charge is 2.63. The zero-order valence-electron chi connectivity index (χ0n) is 83.7. The van der Waals surface area contributed by atoms with Gasteiger partial charge in [-0.2, -0.15) is 0 Å². The molecule has 33 heteroatoms. The maximum absolute atomic E-state index is 15.4. The monoisotopic (exact) mass is 2280 g/mol. The normalized spacial score (nSPS) is 20.0. The molecule has 9 aromatic carbocycles. The third-order valence-electron chi connectivity index (χ3n) is 28.6. The number of nitrogens with two attached hydrogens (primary N) is 2. The number of likely N-dealkylation sites (tertiary alicyclic amines) is 3. The molecule has 6 saturated heterocycles. The molecule has 0 aliphatic carbocycles. The maximum Gasteiger partial charge on any atom is 0.317 e. The van der Waals surface area contributed by atoms with Gasteiger partial charge in [-0.3, -0.25) is 33.7 Å². The van der Waals surface area contributed by atoms with Crippen LogP contribution in [0.2, 0.25) is 15.1 Å². The molecule has 3 aromatic heterocycles. The number of nitrogens with one attached hydrogen (secondary N) is 4. The van der Waals surface area contributed by atoms with Crippen molar-refractivity contribution in [1.29, 1.82) is 0 Å². The molecule has 0 saturated carbocycles. The molecule has 772 valence electrons. The minimum Gasteiger partial charge on any atom is -0.379 e. The first kappa shape index (κ1) is 109. The van der Waals surface area contributed by atoms with E-state index in [1.807, 2.05) is 191 Å². The number of hydrogen-bond acceptors (Lipinski definition) is 16. The molecule has 18 rings (SSSR count). The van der Waals surface area contributed by atoms with Crippen molar-refractivity contribution >= 4 is 192 Å². The van der Waals surface area contributed by atoms with Crippen molar-refractivity contribution in [3.8, 4) is 0 Å². The Morgan fingerprint density at radius 2 is 0.801 bits per heavy atom. The summed E-state index contributed by atoms with van der Waals surface area (Å²) in [6.07, 6.45) is 14.0. The van der Waals surface area contributed by atoms with E-state index in [0.717, 1.165) is 241 Å². The zero-order chi connectivity index (χ0) is 103. The van der Waals surface area contributed by atoms with E-state index < -0.39 is 32.4 Å². The van der Waals surface area contributed by atoms with Crippen LogP contribution in [0.3, 0.4) is 0 Å². The van der Waals surface area contributed by atoms with Crippen LogP contribution >= 0.6 is 118 Å². The fourth-order valence-electron chi connectivity index (χ4n) is 20.9. The van der Waals surface area contributed by atoms with Gasteiger partial charge in [0.15, 0.2) is 0 Å². The third-order valence-corrected chi connectivity index (χ3v) is 35.2. The fourth-order valence-corrected chi connectivity index (χ4v) is 26.5. The summed E-state index contributed by atoms with van der Waals surface area (Å²) < 4.78 is 9.49. The van der Waals surface area contributed by atoms with Crippen LogP contribution in [-0.4, -0.2) is 241 Å². The number of halogens is 6. The number of rotatable bonds is 37. The molecule has 8 N–H and O–H groups in total. The van der Waals surface area contributed by atoms with Gasteiger partial charge in [0, 0.05) is 229 Å². The summed E-state index contributed by atoms with van der Waals surface area (Å²) in [5, 5.41) is 14.3. The third kappa shape index (κ3) is 26.5. The number of aromatic amines is 1. The minimum absolute atomic E-state index is 0.0405. The van der Waals surface area contributed by atoms with Gasteiger partial charge < -0.3 is 80.6 Å². The van der Waals surface area contributed by atoms with Crippen LogP contribution in [0.25, 0.3) is 32.7 Å². The highest BCUT2D eigenvalue weighted by atomic mass is 79.9. The summed E-state index contributed by atoms with van der Waals surface area (Å²) in [6.45, 7) is 24.6. The van der Waals surface area contributed by atoms with E-state index in [9.17, 15) is 28.8 Å². The van der Waals surface area contributed by atoms with E-state index in [-0.39, 0.29) is 60.7 Å². The van der Waals surface area contributed by atoms with Gasteiger partial charge in [0.05, 0.1) is 50.6 Å². The number of urea groups is 1. The van der Waals surface area contributed by atoms with Crippen LogP contribution in [0.15, 0.2) is 247 Å². The van der Waals surface area contributed by atoms with Crippen LogP contribution in [-0.2, 0) is 66.2 Å². The van der Waals surface area contributed by atoms with Gasteiger partial charge in [0.1, 0.15) is 14.2 Å². The van der Waals surface area contributed by atoms with E-state index in [1.165, 1.54) is 35.3 Å². The number of fused-ring (bicyclic) bond motifs is 3. The van der Waals surface area contributed by atoms with Crippen LogP contribution in [0.4, 0.5) is 4.79 Å². The molecule has 8 amide bonds. The number of amides is 8. The van der Waals surface area contributed by atoms with Crippen molar-refractivity contribution in [2.45, 2.75) is 178 Å². The molecule has 12 aromatic rings. The number of benzene rings is 9. The van der Waals surface area contributed by atoms with E-state index in [0.29, 0.717) is 93.6 Å². The highest BCUT2D eigenvalue weighted by molar-refractivity contribution is 9.11. The number of morpholine rings is 1. The summed E-state index contributed by atoms with van der Waals surface area (Å²) in [4.78, 5) is 124. The van der Waals surface area contributed by atoms with Crippen molar-refractivity contribution in [3.05, 3.63) is 297 Å². The Balaban J connectivity index is 0.000000157. The van der Waals surface area contributed by atoms with Gasteiger partial charge in [-0.1, -0.05) is 203 Å². The lowest BCUT2D eigenvalue weighted by Gasteiger charge is -2.42.